The van der Waals surface area contributed by atoms with Gasteiger partial charge in [0.05, 0.1) is 28.7 Å². The highest BCUT2D eigenvalue weighted by Crippen LogP contribution is 2.39. The molecule has 0 unspecified atom stereocenters. The number of hydrogen-bond donors (Lipinski definition) is 2. The van der Waals surface area contributed by atoms with E-state index in [0.717, 1.165) is 16.5 Å². The van der Waals surface area contributed by atoms with Gasteiger partial charge in [-0.1, -0.05) is 28.5 Å². The van der Waals surface area contributed by atoms with Gasteiger partial charge in [0.25, 0.3) is 0 Å². The number of fused-ring (bicyclic) bond motifs is 1. The minimum absolute atomic E-state index is 0.425. The minimum atomic E-state index is -0.729. The summed E-state index contributed by atoms with van der Waals surface area (Å²) in [6.07, 6.45) is 1.34. The Balaban J connectivity index is 2.20. The Labute approximate surface area is 153 Å². The summed E-state index contributed by atoms with van der Waals surface area (Å²) in [6.45, 7) is 3.60. The van der Waals surface area contributed by atoms with Gasteiger partial charge < -0.3 is 19.4 Å². The number of aryl methyl sites for hydroxylation is 2. The van der Waals surface area contributed by atoms with Crippen LogP contribution < -0.4 is 0 Å². The molecule has 2 aromatic heterocycles. The molecule has 0 saturated carbocycles. The maximum absolute atomic E-state index is 14.1. The SMILES string of the molecule is Cc1noc(C)c1-c1c(C=NO)c2ccccc2n1-c1ccc(O)c(F)c1. The topological polar surface area (TPSA) is 83.8 Å². The van der Waals surface area contributed by atoms with E-state index in [1.807, 2.05) is 35.8 Å². The van der Waals surface area contributed by atoms with E-state index in [9.17, 15) is 14.7 Å². The van der Waals surface area contributed by atoms with Crippen LogP contribution in [0, 0.1) is 19.7 Å². The predicted octanol–water partition coefficient (Wildman–Crippen LogP) is 4.56. The maximum Gasteiger partial charge on any atom is 0.166 e. The molecule has 0 saturated heterocycles. The summed E-state index contributed by atoms with van der Waals surface area (Å²) >= 11 is 0. The molecular weight excluding hydrogens is 349 g/mol. The highest BCUT2D eigenvalue weighted by molar-refractivity contribution is 6.07. The van der Waals surface area contributed by atoms with Crippen molar-refractivity contribution in [3.05, 3.63) is 65.3 Å². The van der Waals surface area contributed by atoms with Gasteiger partial charge in [0.2, 0.25) is 0 Å². The Morgan fingerprint density at radius 3 is 2.63 bits per heavy atom. The molecule has 4 aromatic rings. The molecule has 6 nitrogen and oxygen atoms in total. The molecule has 0 atom stereocenters. The Bertz CT molecular complexity index is 1170. The van der Waals surface area contributed by atoms with Crippen LogP contribution in [-0.2, 0) is 0 Å². The first kappa shape index (κ1) is 16.8. The van der Waals surface area contributed by atoms with E-state index in [1.165, 1.54) is 18.3 Å². The van der Waals surface area contributed by atoms with E-state index in [4.69, 9.17) is 4.52 Å². The van der Waals surface area contributed by atoms with Crippen LogP contribution >= 0.6 is 0 Å². The highest BCUT2D eigenvalue weighted by atomic mass is 19.1. The first-order valence-electron chi connectivity index (χ1n) is 8.26. The van der Waals surface area contributed by atoms with Gasteiger partial charge in [-0.2, -0.15) is 0 Å². The molecule has 0 aliphatic heterocycles. The molecule has 0 aliphatic rings. The lowest BCUT2D eigenvalue weighted by Crippen LogP contribution is -2.00. The second kappa shape index (κ2) is 6.28. The molecule has 0 bridgehead atoms. The lowest BCUT2D eigenvalue weighted by atomic mass is 10.0. The first-order valence-corrected chi connectivity index (χ1v) is 8.26. The van der Waals surface area contributed by atoms with Crippen LogP contribution in [0.3, 0.4) is 0 Å². The standard InChI is InChI=1S/C20H16FN3O3/c1-11-19(12(2)27-23-11)20-15(10-22-26)14-5-3-4-6-17(14)24(20)13-7-8-18(25)16(21)9-13/h3-10,25-26H,1-2H3. The average molecular weight is 365 g/mol. The van der Waals surface area contributed by atoms with Crippen LogP contribution in [0.4, 0.5) is 4.39 Å². The number of para-hydroxylation sites is 1. The number of phenolic OH excluding ortho intramolecular Hbond substituents is 1. The fourth-order valence-electron chi connectivity index (χ4n) is 3.42. The third-order valence-corrected chi connectivity index (χ3v) is 4.56. The maximum atomic E-state index is 14.1. The normalized spacial score (nSPS) is 11.7. The molecule has 0 radical (unpaired) electrons. The Morgan fingerprint density at radius 2 is 1.96 bits per heavy atom. The van der Waals surface area contributed by atoms with E-state index in [2.05, 4.69) is 10.3 Å². The number of benzene rings is 2. The smallest absolute Gasteiger partial charge is 0.166 e. The van der Waals surface area contributed by atoms with Gasteiger partial charge in [-0.3, -0.25) is 0 Å². The molecule has 27 heavy (non-hydrogen) atoms. The summed E-state index contributed by atoms with van der Waals surface area (Å²) in [5, 5.41) is 26.9. The fourth-order valence-corrected chi connectivity index (χ4v) is 3.42. The number of halogens is 1. The second-order valence-corrected chi connectivity index (χ2v) is 6.19. The second-order valence-electron chi connectivity index (χ2n) is 6.19. The van der Waals surface area contributed by atoms with Crippen LogP contribution in [0.5, 0.6) is 5.75 Å². The van der Waals surface area contributed by atoms with E-state index < -0.39 is 11.6 Å². The van der Waals surface area contributed by atoms with Gasteiger partial charge in [0.1, 0.15) is 5.76 Å². The number of oxime groups is 1. The van der Waals surface area contributed by atoms with Gasteiger partial charge >= 0.3 is 0 Å². The minimum Gasteiger partial charge on any atom is -0.505 e. The number of nitrogens with zero attached hydrogens (tertiary/aromatic N) is 3. The number of aromatic nitrogens is 2. The Hall–Kier alpha value is -3.61. The average Bonchev–Trinajstić information content (AvgIpc) is 3.15. The molecule has 0 fully saturated rings. The van der Waals surface area contributed by atoms with E-state index in [1.54, 1.807) is 13.0 Å². The fraction of sp³-hybridized carbons (Fsp3) is 0.100. The predicted molar refractivity (Wildman–Crippen MR) is 99.2 cm³/mol. The lowest BCUT2D eigenvalue weighted by molar-refractivity contribution is 0.322. The number of hydrogen-bond acceptors (Lipinski definition) is 5. The lowest BCUT2D eigenvalue weighted by Gasteiger charge is -2.12. The number of aromatic hydroxyl groups is 1. The Kier molecular flexibility index (Phi) is 3.92. The van der Waals surface area contributed by atoms with E-state index in [-0.39, 0.29) is 0 Å². The summed E-state index contributed by atoms with van der Waals surface area (Å²) < 4.78 is 21.3. The van der Waals surface area contributed by atoms with Gasteiger partial charge in [0, 0.05) is 22.7 Å². The van der Waals surface area contributed by atoms with Crippen LogP contribution in [-0.4, -0.2) is 26.3 Å². The largest absolute Gasteiger partial charge is 0.505 e. The summed E-state index contributed by atoms with van der Waals surface area (Å²) in [5.41, 5.74) is 3.99. The van der Waals surface area contributed by atoms with Crippen molar-refractivity contribution in [1.29, 1.82) is 0 Å². The molecule has 0 amide bonds. The zero-order chi connectivity index (χ0) is 19.1. The van der Waals surface area contributed by atoms with Crippen LogP contribution in [0.1, 0.15) is 17.0 Å². The van der Waals surface area contributed by atoms with Crippen molar-refractivity contribution in [2.45, 2.75) is 13.8 Å². The van der Waals surface area contributed by atoms with Gasteiger partial charge in [-0.05, 0) is 32.0 Å². The monoisotopic (exact) mass is 365 g/mol. The zero-order valence-electron chi connectivity index (χ0n) is 14.6. The summed E-state index contributed by atoms with van der Waals surface area (Å²) in [5.74, 6) is -0.568. The van der Waals surface area contributed by atoms with Crippen LogP contribution in [0.15, 0.2) is 52.1 Å². The molecule has 0 aliphatic carbocycles. The summed E-state index contributed by atoms with van der Waals surface area (Å²) in [4.78, 5) is 0. The van der Waals surface area contributed by atoms with E-state index >= 15 is 0 Å². The van der Waals surface area contributed by atoms with Gasteiger partial charge in [-0.25, -0.2) is 4.39 Å². The molecule has 136 valence electrons. The quantitative estimate of drug-likeness (QED) is 0.317. The molecule has 2 N–H and O–H groups in total. The zero-order valence-corrected chi connectivity index (χ0v) is 14.6. The molecule has 7 heteroatoms. The van der Waals surface area contributed by atoms with Crippen LogP contribution in [0.2, 0.25) is 0 Å². The van der Waals surface area contributed by atoms with Crippen molar-refractivity contribution >= 4 is 17.1 Å². The number of phenols is 1. The van der Waals surface area contributed by atoms with Gasteiger partial charge in [0.15, 0.2) is 11.6 Å². The third-order valence-electron chi connectivity index (χ3n) is 4.56. The van der Waals surface area contributed by atoms with Crippen molar-refractivity contribution in [3.63, 3.8) is 0 Å². The molecule has 2 heterocycles. The van der Waals surface area contributed by atoms with E-state index in [0.29, 0.717) is 28.4 Å². The van der Waals surface area contributed by atoms with Crippen LogP contribution in [0.25, 0.3) is 27.8 Å². The molecule has 2 aromatic carbocycles. The Morgan fingerprint density at radius 1 is 1.19 bits per heavy atom. The molecule has 4 rings (SSSR count). The van der Waals surface area contributed by atoms with Crippen molar-refractivity contribution < 1.29 is 19.2 Å². The van der Waals surface area contributed by atoms with Crippen molar-refractivity contribution in [1.82, 2.24) is 9.72 Å². The molecular formula is C20H16FN3O3. The summed E-state index contributed by atoms with van der Waals surface area (Å²) in [6, 6.07) is 11.7. The number of rotatable bonds is 3. The van der Waals surface area contributed by atoms with Gasteiger partial charge in [-0.15, -0.1) is 0 Å². The third kappa shape index (κ3) is 2.55. The first-order chi connectivity index (χ1) is 13.0. The highest BCUT2D eigenvalue weighted by Gasteiger charge is 2.24. The van der Waals surface area contributed by atoms with Crippen molar-refractivity contribution in [2.24, 2.45) is 5.16 Å². The van der Waals surface area contributed by atoms with Crippen molar-refractivity contribution in [3.8, 4) is 22.7 Å². The van der Waals surface area contributed by atoms with Crippen molar-refractivity contribution in [2.75, 3.05) is 0 Å². The summed E-state index contributed by atoms with van der Waals surface area (Å²) in [7, 11) is 0. The molecule has 0 spiro atoms.